The average Bonchev–Trinajstić information content (AvgIpc) is 2.62. The molecule has 0 radical (unpaired) electrons. The zero-order valence-electron chi connectivity index (χ0n) is 16.0. The lowest BCUT2D eigenvalue weighted by Gasteiger charge is -2.23. The summed E-state index contributed by atoms with van der Waals surface area (Å²) >= 11 is 0. The summed E-state index contributed by atoms with van der Waals surface area (Å²) in [6, 6.07) is 15.2. The molecule has 0 aromatic heterocycles. The Labute approximate surface area is 161 Å². The molecular formula is C20H27N3O3S. The van der Waals surface area contributed by atoms with Crippen LogP contribution in [0.3, 0.4) is 0 Å². The van der Waals surface area contributed by atoms with E-state index >= 15 is 0 Å². The Morgan fingerprint density at radius 2 is 1.81 bits per heavy atom. The van der Waals surface area contributed by atoms with Crippen molar-refractivity contribution in [1.29, 1.82) is 0 Å². The Kier molecular flexibility index (Phi) is 7.24. The van der Waals surface area contributed by atoms with E-state index in [1.165, 1.54) is 0 Å². The number of nitrogens with zero attached hydrogens (tertiary/aromatic N) is 1. The summed E-state index contributed by atoms with van der Waals surface area (Å²) < 4.78 is 25.4. The van der Waals surface area contributed by atoms with Crippen LogP contribution in [0, 0.1) is 6.92 Å². The Balaban J connectivity index is 1.95. The maximum absolute atomic E-state index is 12.5. The van der Waals surface area contributed by atoms with Gasteiger partial charge in [0.1, 0.15) is 0 Å². The third-order valence-electron chi connectivity index (χ3n) is 4.11. The maximum atomic E-state index is 12.5. The fourth-order valence-electron chi connectivity index (χ4n) is 2.81. The lowest BCUT2D eigenvalue weighted by Crippen LogP contribution is -2.30. The molecule has 0 bridgehead atoms. The van der Waals surface area contributed by atoms with Crippen molar-refractivity contribution in [3.05, 3.63) is 59.7 Å². The topological polar surface area (TPSA) is 78.5 Å². The van der Waals surface area contributed by atoms with Gasteiger partial charge in [-0.05, 0) is 44.5 Å². The molecule has 0 aliphatic carbocycles. The first kappa shape index (κ1) is 20.8. The minimum absolute atomic E-state index is 0.285. The number of carbonyl (C=O) groups is 1. The van der Waals surface area contributed by atoms with Crippen LogP contribution in [0.4, 0.5) is 11.4 Å². The Morgan fingerprint density at radius 3 is 2.44 bits per heavy atom. The van der Waals surface area contributed by atoms with E-state index in [0.29, 0.717) is 17.8 Å². The van der Waals surface area contributed by atoms with Gasteiger partial charge in [0.2, 0.25) is 10.0 Å². The highest BCUT2D eigenvalue weighted by atomic mass is 32.2. The molecule has 0 saturated carbocycles. The quantitative estimate of drug-likeness (QED) is 0.646. The lowest BCUT2D eigenvalue weighted by molar-refractivity contribution is 0.0954. The Hall–Kier alpha value is -2.54. The molecule has 146 valence electrons. The minimum atomic E-state index is -3.45. The molecule has 0 spiro atoms. The number of aryl methyl sites for hydroxylation is 1. The molecule has 2 rings (SSSR count). The van der Waals surface area contributed by atoms with Crippen molar-refractivity contribution in [2.75, 3.05) is 35.5 Å². The number of benzene rings is 2. The van der Waals surface area contributed by atoms with Gasteiger partial charge in [-0.3, -0.25) is 9.52 Å². The molecule has 2 aromatic carbocycles. The number of hydrogen-bond donors (Lipinski definition) is 2. The SMILES string of the molecule is CCN(CCCNC(=O)c1cc(C)ccc1NS(C)(=O)=O)c1ccccc1. The van der Waals surface area contributed by atoms with Crippen LogP contribution in [-0.2, 0) is 10.0 Å². The number of nitrogens with one attached hydrogen (secondary N) is 2. The third kappa shape index (κ3) is 6.60. The maximum Gasteiger partial charge on any atom is 0.253 e. The highest BCUT2D eigenvalue weighted by molar-refractivity contribution is 7.92. The first-order valence-corrected chi connectivity index (χ1v) is 10.9. The van der Waals surface area contributed by atoms with E-state index in [2.05, 4.69) is 34.0 Å². The molecule has 0 fully saturated rings. The van der Waals surface area contributed by atoms with E-state index in [1.54, 1.807) is 18.2 Å². The average molecular weight is 390 g/mol. The molecule has 0 aliphatic rings. The molecule has 0 aliphatic heterocycles. The number of rotatable bonds is 9. The van der Waals surface area contributed by atoms with Crippen LogP contribution >= 0.6 is 0 Å². The van der Waals surface area contributed by atoms with Crippen LogP contribution in [0.5, 0.6) is 0 Å². The molecule has 0 saturated heterocycles. The zero-order chi connectivity index (χ0) is 19.9. The summed E-state index contributed by atoms with van der Waals surface area (Å²) in [6.45, 7) is 6.18. The zero-order valence-corrected chi connectivity index (χ0v) is 16.8. The van der Waals surface area contributed by atoms with Crippen LogP contribution in [0.25, 0.3) is 0 Å². The van der Waals surface area contributed by atoms with Crippen LogP contribution in [-0.4, -0.2) is 40.2 Å². The first-order chi connectivity index (χ1) is 12.8. The van der Waals surface area contributed by atoms with Gasteiger partial charge in [-0.25, -0.2) is 8.42 Å². The normalized spacial score (nSPS) is 11.1. The molecule has 6 nitrogen and oxygen atoms in total. The molecular weight excluding hydrogens is 362 g/mol. The Bertz CT molecular complexity index is 867. The van der Waals surface area contributed by atoms with Crippen molar-refractivity contribution in [2.45, 2.75) is 20.3 Å². The van der Waals surface area contributed by atoms with Crippen molar-refractivity contribution in [1.82, 2.24) is 5.32 Å². The number of amides is 1. The second-order valence-electron chi connectivity index (χ2n) is 6.45. The largest absolute Gasteiger partial charge is 0.372 e. The fraction of sp³-hybridized carbons (Fsp3) is 0.350. The van der Waals surface area contributed by atoms with Crippen LogP contribution in [0.1, 0.15) is 29.3 Å². The summed E-state index contributed by atoms with van der Waals surface area (Å²) in [5.41, 5.74) is 2.67. The molecule has 0 unspecified atom stereocenters. The summed E-state index contributed by atoms with van der Waals surface area (Å²) in [6.07, 6.45) is 1.85. The number of carbonyl (C=O) groups excluding carboxylic acids is 1. The minimum Gasteiger partial charge on any atom is -0.372 e. The predicted molar refractivity (Wildman–Crippen MR) is 111 cm³/mol. The molecule has 2 N–H and O–H groups in total. The van der Waals surface area contributed by atoms with Gasteiger partial charge in [-0.2, -0.15) is 0 Å². The monoisotopic (exact) mass is 389 g/mol. The standard InChI is InChI=1S/C20H27N3O3S/c1-4-23(17-9-6-5-7-10-17)14-8-13-21-20(24)18-15-16(2)11-12-19(18)22-27(3,25)26/h5-7,9-12,15,22H,4,8,13-14H2,1-3H3,(H,21,24). The van der Waals surface area contributed by atoms with E-state index in [-0.39, 0.29) is 5.91 Å². The molecule has 0 heterocycles. The fourth-order valence-corrected chi connectivity index (χ4v) is 3.39. The van der Waals surface area contributed by atoms with Gasteiger partial charge in [-0.15, -0.1) is 0 Å². The highest BCUT2D eigenvalue weighted by Gasteiger charge is 2.14. The summed E-state index contributed by atoms with van der Waals surface area (Å²) in [4.78, 5) is 14.8. The van der Waals surface area contributed by atoms with E-state index in [0.717, 1.165) is 37.0 Å². The molecule has 2 aromatic rings. The number of sulfonamides is 1. The van der Waals surface area contributed by atoms with Gasteiger partial charge in [0.25, 0.3) is 5.91 Å². The van der Waals surface area contributed by atoms with Gasteiger partial charge >= 0.3 is 0 Å². The second-order valence-corrected chi connectivity index (χ2v) is 8.20. The third-order valence-corrected chi connectivity index (χ3v) is 4.70. The van der Waals surface area contributed by atoms with E-state index < -0.39 is 10.0 Å². The van der Waals surface area contributed by atoms with Crippen molar-refractivity contribution in [2.24, 2.45) is 0 Å². The molecule has 1 amide bonds. The van der Waals surface area contributed by atoms with Gasteiger partial charge in [-0.1, -0.05) is 29.8 Å². The summed E-state index contributed by atoms with van der Waals surface area (Å²) in [7, 11) is -3.45. The molecule has 7 heteroatoms. The second kappa shape index (κ2) is 9.41. The smallest absolute Gasteiger partial charge is 0.253 e. The lowest BCUT2D eigenvalue weighted by atomic mass is 10.1. The number of para-hydroxylation sites is 1. The van der Waals surface area contributed by atoms with Gasteiger partial charge < -0.3 is 10.2 Å². The van der Waals surface area contributed by atoms with Crippen LogP contribution in [0.2, 0.25) is 0 Å². The molecule has 27 heavy (non-hydrogen) atoms. The van der Waals surface area contributed by atoms with Crippen molar-refractivity contribution >= 4 is 27.3 Å². The van der Waals surface area contributed by atoms with E-state index in [9.17, 15) is 13.2 Å². The van der Waals surface area contributed by atoms with Crippen molar-refractivity contribution in [3.8, 4) is 0 Å². The number of hydrogen-bond acceptors (Lipinski definition) is 4. The van der Waals surface area contributed by atoms with Crippen molar-refractivity contribution in [3.63, 3.8) is 0 Å². The van der Waals surface area contributed by atoms with Gasteiger partial charge in [0, 0.05) is 25.3 Å². The van der Waals surface area contributed by atoms with Crippen LogP contribution < -0.4 is 14.9 Å². The molecule has 0 atom stereocenters. The number of anilines is 2. The Morgan fingerprint density at radius 1 is 1.11 bits per heavy atom. The highest BCUT2D eigenvalue weighted by Crippen LogP contribution is 2.18. The van der Waals surface area contributed by atoms with Gasteiger partial charge in [0.05, 0.1) is 17.5 Å². The summed E-state index contributed by atoms with van der Waals surface area (Å²) in [5.74, 6) is -0.285. The van der Waals surface area contributed by atoms with E-state index in [4.69, 9.17) is 0 Å². The van der Waals surface area contributed by atoms with E-state index in [1.807, 2.05) is 25.1 Å². The first-order valence-electron chi connectivity index (χ1n) is 8.97. The van der Waals surface area contributed by atoms with Crippen LogP contribution in [0.15, 0.2) is 48.5 Å². The predicted octanol–water partition coefficient (Wildman–Crippen LogP) is 3.01. The van der Waals surface area contributed by atoms with Crippen molar-refractivity contribution < 1.29 is 13.2 Å². The summed E-state index contributed by atoms with van der Waals surface area (Å²) in [5, 5.41) is 2.88. The van der Waals surface area contributed by atoms with Gasteiger partial charge in [0.15, 0.2) is 0 Å².